The molecule has 0 bridgehead atoms. The van der Waals surface area contributed by atoms with Gasteiger partial charge in [-0.3, -0.25) is 9.59 Å². The Kier molecular flexibility index (Phi) is 6.60. The molecule has 0 aromatic heterocycles. The second-order valence-corrected chi connectivity index (χ2v) is 5.99. The molecule has 0 fully saturated rings. The smallest absolute Gasteiger partial charge is 0.325 e. The van der Waals surface area contributed by atoms with E-state index in [1.807, 2.05) is 19.1 Å². The fourth-order valence-corrected chi connectivity index (χ4v) is 2.79. The number of alkyl halides is 3. The summed E-state index contributed by atoms with van der Waals surface area (Å²) in [4.78, 5) is 25.7. The summed E-state index contributed by atoms with van der Waals surface area (Å²) in [5.74, 6) is -0.827. The summed E-state index contributed by atoms with van der Waals surface area (Å²) < 4.78 is 39.1. The van der Waals surface area contributed by atoms with Crippen LogP contribution in [0.25, 0.3) is 0 Å². The fraction of sp³-hybridized carbons (Fsp3) is 0.300. The van der Waals surface area contributed by atoms with Gasteiger partial charge < -0.3 is 10.2 Å². The van der Waals surface area contributed by atoms with Crippen LogP contribution in [0.4, 0.5) is 24.5 Å². The zero-order chi connectivity index (χ0) is 20.0. The molecule has 0 radical (unpaired) electrons. The number of amides is 2. The summed E-state index contributed by atoms with van der Waals surface area (Å²) in [5.41, 5.74) is 0.461. The van der Waals surface area contributed by atoms with Gasteiger partial charge in [0.25, 0.3) is 0 Å². The Hall–Kier alpha value is -2.83. The Morgan fingerprint density at radius 1 is 1.04 bits per heavy atom. The summed E-state index contributed by atoms with van der Waals surface area (Å²) >= 11 is 0. The molecule has 0 saturated carbocycles. The minimum atomic E-state index is -4.56. The Bertz CT molecular complexity index is 819. The van der Waals surface area contributed by atoms with Crippen molar-refractivity contribution in [3.8, 4) is 0 Å². The molecular weight excluding hydrogens is 357 g/mol. The number of carbonyl (C=O) groups is 2. The van der Waals surface area contributed by atoms with Crippen LogP contribution in [-0.2, 0) is 22.2 Å². The van der Waals surface area contributed by atoms with E-state index in [4.69, 9.17) is 0 Å². The predicted octanol–water partition coefficient (Wildman–Crippen LogP) is 4.65. The van der Waals surface area contributed by atoms with E-state index in [0.29, 0.717) is 12.1 Å². The highest BCUT2D eigenvalue weighted by molar-refractivity contribution is 5.95. The van der Waals surface area contributed by atoms with Gasteiger partial charge in [-0.2, -0.15) is 13.2 Å². The molecule has 2 aromatic rings. The molecule has 4 nitrogen and oxygen atoms in total. The molecule has 7 heteroatoms. The minimum absolute atomic E-state index is 0.0758. The lowest BCUT2D eigenvalue weighted by Gasteiger charge is -2.23. The molecule has 0 aliphatic carbocycles. The second kappa shape index (κ2) is 8.70. The highest BCUT2D eigenvalue weighted by Gasteiger charge is 2.33. The van der Waals surface area contributed by atoms with Crippen molar-refractivity contribution >= 4 is 23.2 Å². The van der Waals surface area contributed by atoms with Crippen LogP contribution in [0.15, 0.2) is 48.5 Å². The lowest BCUT2D eigenvalue weighted by Crippen LogP contribution is -2.32. The minimum Gasteiger partial charge on any atom is -0.325 e. The molecule has 0 heterocycles. The molecule has 0 atom stereocenters. The number of nitrogens with one attached hydrogen (secondary N) is 1. The fourth-order valence-electron chi connectivity index (χ4n) is 2.79. The molecule has 2 aromatic carbocycles. The monoisotopic (exact) mass is 378 g/mol. The van der Waals surface area contributed by atoms with Crippen LogP contribution in [0.5, 0.6) is 0 Å². The molecule has 1 N–H and O–H groups in total. The van der Waals surface area contributed by atoms with E-state index < -0.39 is 17.6 Å². The van der Waals surface area contributed by atoms with Crippen LogP contribution < -0.4 is 10.2 Å². The summed E-state index contributed by atoms with van der Waals surface area (Å²) in [7, 11) is 0. The maximum atomic E-state index is 13.0. The molecule has 144 valence electrons. The van der Waals surface area contributed by atoms with Gasteiger partial charge in [-0.05, 0) is 30.2 Å². The largest absolute Gasteiger partial charge is 0.418 e. The van der Waals surface area contributed by atoms with Crippen molar-refractivity contribution in [2.45, 2.75) is 32.9 Å². The SMILES string of the molecule is CCc1ccccc1N(CCC(=O)Nc1ccccc1C(F)(F)F)C(C)=O. The third-order valence-corrected chi connectivity index (χ3v) is 4.11. The van der Waals surface area contributed by atoms with E-state index >= 15 is 0 Å². The highest BCUT2D eigenvalue weighted by atomic mass is 19.4. The van der Waals surface area contributed by atoms with Crippen molar-refractivity contribution in [1.29, 1.82) is 0 Å². The van der Waals surface area contributed by atoms with Crippen molar-refractivity contribution in [3.05, 3.63) is 59.7 Å². The van der Waals surface area contributed by atoms with Crippen LogP contribution in [0.2, 0.25) is 0 Å². The second-order valence-electron chi connectivity index (χ2n) is 5.99. The molecule has 27 heavy (non-hydrogen) atoms. The first-order valence-electron chi connectivity index (χ1n) is 8.56. The normalized spacial score (nSPS) is 11.1. The molecule has 0 unspecified atom stereocenters. The van der Waals surface area contributed by atoms with Gasteiger partial charge in [0.05, 0.1) is 11.3 Å². The molecule has 0 spiro atoms. The van der Waals surface area contributed by atoms with E-state index in [1.165, 1.54) is 30.0 Å². The number of anilines is 2. The lowest BCUT2D eigenvalue weighted by atomic mass is 10.1. The van der Waals surface area contributed by atoms with Crippen LogP contribution >= 0.6 is 0 Å². The van der Waals surface area contributed by atoms with Gasteiger partial charge in [0.15, 0.2) is 0 Å². The number of rotatable bonds is 6. The average Bonchev–Trinajstić information content (AvgIpc) is 2.61. The van der Waals surface area contributed by atoms with Crippen LogP contribution in [0.3, 0.4) is 0 Å². The summed E-state index contributed by atoms with van der Waals surface area (Å²) in [6.45, 7) is 3.42. The van der Waals surface area contributed by atoms with Crippen molar-refractivity contribution in [2.24, 2.45) is 0 Å². The van der Waals surface area contributed by atoms with Gasteiger partial charge in [-0.1, -0.05) is 37.3 Å². The van der Waals surface area contributed by atoms with E-state index in [9.17, 15) is 22.8 Å². The molecular formula is C20H21F3N2O2. The third-order valence-electron chi connectivity index (χ3n) is 4.11. The molecule has 0 aliphatic rings. The van der Waals surface area contributed by atoms with E-state index in [1.54, 1.807) is 12.1 Å². The quantitative estimate of drug-likeness (QED) is 0.796. The first-order chi connectivity index (χ1) is 12.7. The third kappa shape index (κ3) is 5.32. The van der Waals surface area contributed by atoms with E-state index in [0.717, 1.165) is 11.6 Å². The van der Waals surface area contributed by atoms with Gasteiger partial charge in [0, 0.05) is 25.6 Å². The molecule has 2 amide bonds. The highest BCUT2D eigenvalue weighted by Crippen LogP contribution is 2.34. The van der Waals surface area contributed by atoms with Crippen LogP contribution in [0.1, 0.15) is 31.4 Å². The zero-order valence-electron chi connectivity index (χ0n) is 15.1. The number of benzene rings is 2. The Morgan fingerprint density at radius 3 is 2.30 bits per heavy atom. The van der Waals surface area contributed by atoms with Gasteiger partial charge in [-0.25, -0.2) is 0 Å². The standard InChI is InChI=1S/C20H21F3N2O2/c1-3-15-8-4-7-11-18(15)25(14(2)26)13-12-19(27)24-17-10-6-5-9-16(17)20(21,22)23/h4-11H,3,12-13H2,1-2H3,(H,24,27). The van der Waals surface area contributed by atoms with Crippen molar-refractivity contribution in [3.63, 3.8) is 0 Å². The maximum absolute atomic E-state index is 13.0. The van der Waals surface area contributed by atoms with Crippen LogP contribution in [0, 0.1) is 0 Å². The van der Waals surface area contributed by atoms with Gasteiger partial charge in [0.2, 0.25) is 11.8 Å². The van der Waals surface area contributed by atoms with Gasteiger partial charge in [-0.15, -0.1) is 0 Å². The number of para-hydroxylation sites is 2. The molecule has 0 saturated heterocycles. The zero-order valence-corrected chi connectivity index (χ0v) is 15.1. The van der Waals surface area contributed by atoms with Gasteiger partial charge >= 0.3 is 6.18 Å². The lowest BCUT2D eigenvalue weighted by molar-refractivity contribution is -0.137. The van der Waals surface area contributed by atoms with Gasteiger partial charge in [0.1, 0.15) is 0 Å². The van der Waals surface area contributed by atoms with E-state index in [-0.39, 0.29) is 24.6 Å². The number of halogens is 3. The number of hydrogen-bond acceptors (Lipinski definition) is 2. The summed E-state index contributed by atoms with van der Waals surface area (Å²) in [6, 6.07) is 12.1. The molecule has 0 aliphatic heterocycles. The van der Waals surface area contributed by atoms with Crippen molar-refractivity contribution < 1.29 is 22.8 Å². The predicted molar refractivity (Wildman–Crippen MR) is 98.5 cm³/mol. The first kappa shape index (κ1) is 20.5. The van der Waals surface area contributed by atoms with Crippen LogP contribution in [-0.4, -0.2) is 18.4 Å². The Balaban J connectivity index is 2.11. The maximum Gasteiger partial charge on any atom is 0.418 e. The van der Waals surface area contributed by atoms with Crippen molar-refractivity contribution in [1.82, 2.24) is 0 Å². The van der Waals surface area contributed by atoms with Crippen molar-refractivity contribution in [2.75, 3.05) is 16.8 Å². The topological polar surface area (TPSA) is 49.4 Å². The van der Waals surface area contributed by atoms with E-state index in [2.05, 4.69) is 5.32 Å². The summed E-state index contributed by atoms with van der Waals surface area (Å²) in [6.07, 6.45) is -3.97. The number of hydrogen-bond donors (Lipinski definition) is 1. The Labute approximate surface area is 156 Å². The Morgan fingerprint density at radius 2 is 1.67 bits per heavy atom. The number of nitrogens with zero attached hydrogens (tertiary/aromatic N) is 1. The number of aryl methyl sites for hydroxylation is 1. The average molecular weight is 378 g/mol. The molecule has 2 rings (SSSR count). The first-order valence-corrected chi connectivity index (χ1v) is 8.56. The number of carbonyl (C=O) groups excluding carboxylic acids is 2. The summed E-state index contributed by atoms with van der Waals surface area (Å²) in [5, 5.41) is 2.29.